The molecule has 2 aliphatic carbocycles. The molecule has 0 aliphatic heterocycles. The number of fused-ring (bicyclic) bond motifs is 3. The zero-order valence-corrected chi connectivity index (χ0v) is 11.9. The first-order valence-electron chi connectivity index (χ1n) is 7.02. The highest BCUT2D eigenvalue weighted by molar-refractivity contribution is 8.03. The summed E-state index contributed by atoms with van der Waals surface area (Å²) in [6, 6.07) is 16.3. The molecule has 1 N–H and O–H groups in total. The van der Waals surface area contributed by atoms with Crippen molar-refractivity contribution < 1.29 is 5.11 Å². The summed E-state index contributed by atoms with van der Waals surface area (Å²) in [5.74, 6) is 1.88. The van der Waals surface area contributed by atoms with Crippen LogP contribution in [0.25, 0.3) is 6.08 Å². The van der Waals surface area contributed by atoms with E-state index in [9.17, 15) is 5.11 Å². The number of rotatable bonds is 3. The highest BCUT2D eigenvalue weighted by atomic mass is 32.2. The van der Waals surface area contributed by atoms with Crippen LogP contribution in [0, 0.1) is 5.92 Å². The van der Waals surface area contributed by atoms with Gasteiger partial charge in [0.2, 0.25) is 0 Å². The lowest BCUT2D eigenvalue weighted by molar-refractivity contribution is 0.474. The van der Waals surface area contributed by atoms with Gasteiger partial charge in [-0.1, -0.05) is 36.4 Å². The van der Waals surface area contributed by atoms with Crippen molar-refractivity contribution in [3.8, 4) is 5.75 Å². The minimum Gasteiger partial charge on any atom is -0.508 e. The molecule has 0 radical (unpaired) electrons. The highest BCUT2D eigenvalue weighted by Crippen LogP contribution is 2.62. The molecule has 0 heterocycles. The molecule has 0 amide bonds. The summed E-state index contributed by atoms with van der Waals surface area (Å²) in [5, 5.41) is 12.5. The predicted molar refractivity (Wildman–Crippen MR) is 84.9 cm³/mol. The van der Waals surface area contributed by atoms with Gasteiger partial charge in [0.25, 0.3) is 0 Å². The van der Waals surface area contributed by atoms with Crippen molar-refractivity contribution in [1.29, 1.82) is 0 Å². The van der Waals surface area contributed by atoms with E-state index in [1.807, 2.05) is 30.0 Å². The Balaban J connectivity index is 1.42. The van der Waals surface area contributed by atoms with Crippen LogP contribution in [0.15, 0.2) is 53.9 Å². The molecule has 3 unspecified atom stereocenters. The summed E-state index contributed by atoms with van der Waals surface area (Å²) < 4.78 is 0. The van der Waals surface area contributed by atoms with Crippen LogP contribution in [0.5, 0.6) is 5.75 Å². The molecular weight excluding hydrogens is 264 g/mol. The summed E-state index contributed by atoms with van der Waals surface area (Å²) in [5.41, 5.74) is 4.07. The second-order valence-electron chi connectivity index (χ2n) is 5.59. The van der Waals surface area contributed by atoms with E-state index >= 15 is 0 Å². The molecule has 2 aromatic carbocycles. The molecule has 2 heteroatoms. The monoisotopic (exact) mass is 280 g/mol. The Bertz CT molecular complexity index is 662. The van der Waals surface area contributed by atoms with E-state index in [2.05, 4.69) is 41.8 Å². The average Bonchev–Trinajstić information content (AvgIpc) is 2.99. The van der Waals surface area contributed by atoms with Gasteiger partial charge in [-0.25, -0.2) is 0 Å². The van der Waals surface area contributed by atoms with Crippen molar-refractivity contribution >= 4 is 17.8 Å². The Morgan fingerprint density at radius 2 is 1.95 bits per heavy atom. The first-order valence-corrected chi connectivity index (χ1v) is 7.96. The Labute approximate surface area is 123 Å². The lowest BCUT2D eigenvalue weighted by Gasteiger charge is -2.06. The summed E-state index contributed by atoms with van der Waals surface area (Å²) in [6.45, 7) is 0. The smallest absolute Gasteiger partial charge is 0.115 e. The third-order valence-corrected chi connectivity index (χ3v) is 5.58. The van der Waals surface area contributed by atoms with Crippen LogP contribution >= 0.6 is 11.8 Å². The first kappa shape index (κ1) is 12.1. The Kier molecular flexibility index (Phi) is 2.85. The minimum atomic E-state index is 0.401. The first-order chi connectivity index (χ1) is 9.83. The van der Waals surface area contributed by atoms with E-state index in [1.165, 1.54) is 16.7 Å². The molecular formula is C18H16OS. The van der Waals surface area contributed by atoms with Gasteiger partial charge in [0.1, 0.15) is 5.75 Å². The SMILES string of the molecule is Oc1ccc2c(c1)CC1C(SC=Cc3ccccc3)C21. The predicted octanol–water partition coefficient (Wildman–Crippen LogP) is 4.43. The van der Waals surface area contributed by atoms with Gasteiger partial charge in [0.15, 0.2) is 0 Å². The normalized spacial score (nSPS) is 26.5. The summed E-state index contributed by atoms with van der Waals surface area (Å²) in [4.78, 5) is 0. The fraction of sp³-hybridized carbons (Fsp3) is 0.222. The summed E-state index contributed by atoms with van der Waals surface area (Å²) in [6.07, 6.45) is 3.32. The minimum absolute atomic E-state index is 0.401. The van der Waals surface area contributed by atoms with Gasteiger partial charge < -0.3 is 5.11 Å². The number of hydrogen-bond donors (Lipinski definition) is 1. The van der Waals surface area contributed by atoms with E-state index < -0.39 is 0 Å². The largest absolute Gasteiger partial charge is 0.508 e. The quantitative estimate of drug-likeness (QED) is 0.897. The van der Waals surface area contributed by atoms with Crippen molar-refractivity contribution in [2.24, 2.45) is 5.92 Å². The third kappa shape index (κ3) is 2.04. The van der Waals surface area contributed by atoms with Crippen LogP contribution in [0.3, 0.4) is 0 Å². The van der Waals surface area contributed by atoms with Crippen molar-refractivity contribution in [3.63, 3.8) is 0 Å². The molecule has 0 spiro atoms. The van der Waals surface area contributed by atoms with Gasteiger partial charge in [0, 0.05) is 11.2 Å². The lowest BCUT2D eigenvalue weighted by Crippen LogP contribution is -1.93. The Morgan fingerprint density at radius 3 is 2.80 bits per heavy atom. The highest BCUT2D eigenvalue weighted by Gasteiger charge is 2.55. The van der Waals surface area contributed by atoms with Crippen molar-refractivity contribution in [2.45, 2.75) is 17.6 Å². The van der Waals surface area contributed by atoms with Gasteiger partial charge in [-0.3, -0.25) is 0 Å². The molecule has 1 nitrogen and oxygen atoms in total. The van der Waals surface area contributed by atoms with Gasteiger partial charge in [-0.2, -0.15) is 0 Å². The molecule has 0 saturated heterocycles. The number of hydrogen-bond acceptors (Lipinski definition) is 2. The zero-order chi connectivity index (χ0) is 13.5. The maximum absolute atomic E-state index is 9.51. The zero-order valence-electron chi connectivity index (χ0n) is 11.1. The topological polar surface area (TPSA) is 20.2 Å². The number of aromatic hydroxyl groups is 1. The molecule has 0 aromatic heterocycles. The number of benzene rings is 2. The molecule has 2 aliphatic rings. The van der Waals surface area contributed by atoms with Gasteiger partial charge in [-0.05, 0) is 52.6 Å². The van der Waals surface area contributed by atoms with E-state index in [0.717, 1.165) is 17.6 Å². The molecule has 0 bridgehead atoms. The van der Waals surface area contributed by atoms with Crippen molar-refractivity contribution in [2.75, 3.05) is 0 Å². The molecule has 1 fully saturated rings. The second-order valence-corrected chi connectivity index (χ2v) is 6.68. The van der Waals surface area contributed by atoms with Gasteiger partial charge in [0.05, 0.1) is 0 Å². The third-order valence-electron chi connectivity index (χ3n) is 4.33. The fourth-order valence-corrected chi connectivity index (χ4v) is 4.61. The summed E-state index contributed by atoms with van der Waals surface area (Å²) in [7, 11) is 0. The van der Waals surface area contributed by atoms with Crippen LogP contribution < -0.4 is 0 Å². The molecule has 3 atom stereocenters. The molecule has 1 saturated carbocycles. The molecule has 20 heavy (non-hydrogen) atoms. The van der Waals surface area contributed by atoms with E-state index in [0.29, 0.717) is 11.7 Å². The molecule has 4 rings (SSSR count). The lowest BCUT2D eigenvalue weighted by atomic mass is 10.1. The molecule has 100 valence electrons. The van der Waals surface area contributed by atoms with E-state index in [1.54, 1.807) is 0 Å². The Morgan fingerprint density at radius 1 is 1.10 bits per heavy atom. The van der Waals surface area contributed by atoms with Crippen LogP contribution in [0.2, 0.25) is 0 Å². The second kappa shape index (κ2) is 4.71. The van der Waals surface area contributed by atoms with Gasteiger partial charge >= 0.3 is 0 Å². The van der Waals surface area contributed by atoms with E-state index in [4.69, 9.17) is 0 Å². The fourth-order valence-electron chi connectivity index (χ4n) is 3.30. The molecule has 2 aromatic rings. The summed E-state index contributed by atoms with van der Waals surface area (Å²) >= 11 is 1.95. The van der Waals surface area contributed by atoms with Crippen LogP contribution in [0.4, 0.5) is 0 Å². The van der Waals surface area contributed by atoms with E-state index in [-0.39, 0.29) is 0 Å². The number of phenolic OH excluding ortho intramolecular Hbond substituents is 1. The maximum Gasteiger partial charge on any atom is 0.115 e. The number of thioether (sulfide) groups is 1. The van der Waals surface area contributed by atoms with Crippen molar-refractivity contribution in [3.05, 3.63) is 70.6 Å². The van der Waals surface area contributed by atoms with Crippen molar-refractivity contribution in [1.82, 2.24) is 0 Å². The Hall–Kier alpha value is -1.67. The maximum atomic E-state index is 9.51. The van der Waals surface area contributed by atoms with Crippen LogP contribution in [-0.2, 0) is 6.42 Å². The van der Waals surface area contributed by atoms with Gasteiger partial charge in [-0.15, -0.1) is 11.8 Å². The van der Waals surface area contributed by atoms with Crippen LogP contribution in [0.1, 0.15) is 22.6 Å². The standard InChI is InChI=1S/C18H16OS/c19-14-6-7-15-13(10-14)11-16-17(15)18(16)20-9-8-12-4-2-1-3-5-12/h1-10,16-19H,11H2. The number of phenols is 1. The van der Waals surface area contributed by atoms with Crippen LogP contribution in [-0.4, -0.2) is 10.4 Å². The average molecular weight is 280 g/mol.